The van der Waals surface area contributed by atoms with Crippen LogP contribution in [0.3, 0.4) is 0 Å². The van der Waals surface area contributed by atoms with Crippen LogP contribution in [-0.2, 0) is 13.7 Å². The number of benzene rings is 6. The quantitative estimate of drug-likeness (QED) is 0.0349. The number of hydrogen-bond donors (Lipinski definition) is 0. The fraction of sp³-hybridized carbons (Fsp3) is 0.485. The molecule has 9 rings (SSSR count). The first kappa shape index (κ1) is 101. The SMILES string of the molecule is CCCC[P+](CCCC)(CCCC)CCCC.CCCC[P+](CCCC)(CCCC)CCCC.CCCC[P+](CCCC)(CCCC)CCCC.O=P([N-]c1ccncc1)(c1ccccc1)c1ccccc1.O=P([N-]c1ccncc1)(c1ccccc1)c1ccccc1.O=P([N-]c1ccncc1)(c1ccccc1)c1ccccc1. The molecule has 0 atom stereocenters. The Kier molecular flexibility index (Phi) is 53.4. The summed E-state index contributed by atoms with van der Waals surface area (Å²) in [5.74, 6) is 0. The maximum Gasteiger partial charge on any atom is 0.0745 e. The molecule has 624 valence electrons. The van der Waals surface area contributed by atoms with Gasteiger partial charge in [-0.2, -0.15) is 0 Å². The Morgan fingerprint density at radius 3 is 0.439 bits per heavy atom. The first-order chi connectivity index (χ1) is 55.6. The molecule has 0 N–H and O–H groups in total. The molecule has 0 saturated carbocycles. The zero-order valence-electron chi connectivity index (χ0n) is 72.8. The maximum absolute atomic E-state index is 13.6. The standard InChI is InChI=1S/3C17H14N2OP.3C16H36P/c3*20-21(16-7-3-1-4-8-16,17-9-5-2-6-10-17)19-15-11-13-18-14-12-15;3*1-5-9-13-17(14-10-6-2,15-11-7-3)16-12-8-4/h3*1-14H;3*5-16H2,1-4H3/q3*-1;3*+1. The van der Waals surface area contributed by atoms with Gasteiger partial charge in [0.25, 0.3) is 0 Å². The van der Waals surface area contributed by atoms with Crippen LogP contribution in [0, 0.1) is 0 Å². The summed E-state index contributed by atoms with van der Waals surface area (Å²) in [4.78, 5) is 11.9. The van der Waals surface area contributed by atoms with Gasteiger partial charge in [0.1, 0.15) is 0 Å². The predicted octanol–water partition coefficient (Wildman–Crippen LogP) is 30.7. The van der Waals surface area contributed by atoms with E-state index >= 15 is 0 Å². The number of pyridine rings is 3. The summed E-state index contributed by atoms with van der Waals surface area (Å²) in [5.41, 5.74) is 2.00. The highest BCUT2D eigenvalue weighted by Crippen LogP contribution is 2.64. The molecule has 0 spiro atoms. The van der Waals surface area contributed by atoms with Crippen molar-refractivity contribution in [2.45, 2.75) is 237 Å². The summed E-state index contributed by atoms with van der Waals surface area (Å²) in [6.45, 7) is 28.3. The fourth-order valence-corrected chi connectivity index (χ4v) is 36.5. The molecule has 0 amide bonds. The van der Waals surface area contributed by atoms with E-state index in [9.17, 15) is 13.7 Å². The fourth-order valence-electron chi connectivity index (χ4n) is 14.2. The van der Waals surface area contributed by atoms with E-state index in [-0.39, 0.29) is 0 Å². The summed E-state index contributed by atoms with van der Waals surface area (Å²) in [5, 5.41) is 18.0. The summed E-state index contributed by atoms with van der Waals surface area (Å²) >= 11 is 0. The number of aromatic nitrogens is 3. The largest absolute Gasteiger partial charge is 0.621 e. The Morgan fingerprint density at radius 2 is 0.325 bits per heavy atom. The lowest BCUT2D eigenvalue weighted by Gasteiger charge is -2.34. The molecule has 0 unspecified atom stereocenters. The zero-order chi connectivity index (χ0) is 82.6. The topological polar surface area (TPSA) is 132 Å². The minimum atomic E-state index is -3.05. The Balaban J connectivity index is 0.000000289. The molecule has 6 aromatic carbocycles. The molecule has 3 heterocycles. The second-order valence-electron chi connectivity index (χ2n) is 30.6. The van der Waals surface area contributed by atoms with E-state index < -0.39 is 43.7 Å². The van der Waals surface area contributed by atoms with Crippen molar-refractivity contribution in [1.82, 2.24) is 15.0 Å². The molecule has 114 heavy (non-hydrogen) atoms. The molecular formula is C99H150N6O3P6. The summed E-state index contributed by atoms with van der Waals surface area (Å²) in [6, 6.07) is 66.9. The highest BCUT2D eigenvalue weighted by Gasteiger charge is 2.37. The van der Waals surface area contributed by atoms with Crippen molar-refractivity contribution in [1.29, 1.82) is 0 Å². The first-order valence-corrected chi connectivity index (χ1v) is 56.8. The Labute approximate surface area is 698 Å². The molecule has 0 aliphatic carbocycles. The monoisotopic (exact) mass is 1660 g/mol. The second kappa shape index (κ2) is 60.6. The smallest absolute Gasteiger partial charge is 0.0745 e. The van der Waals surface area contributed by atoms with Crippen molar-refractivity contribution in [3.05, 3.63) is 271 Å². The van der Waals surface area contributed by atoms with Crippen molar-refractivity contribution in [2.75, 3.05) is 73.9 Å². The molecule has 0 fully saturated rings. The van der Waals surface area contributed by atoms with E-state index in [0.717, 1.165) is 31.8 Å². The van der Waals surface area contributed by atoms with Crippen LogP contribution in [0.25, 0.3) is 15.3 Å². The molecule has 0 aliphatic heterocycles. The maximum atomic E-state index is 13.6. The highest BCUT2D eigenvalue weighted by molar-refractivity contribution is 7.82. The first-order valence-electron chi connectivity index (χ1n) is 44.2. The van der Waals surface area contributed by atoms with Crippen LogP contribution in [0.4, 0.5) is 17.1 Å². The number of rotatable bonds is 48. The summed E-state index contributed by atoms with van der Waals surface area (Å²) < 4.78 is 40.8. The van der Waals surface area contributed by atoms with Gasteiger partial charge in [0.15, 0.2) is 0 Å². The molecule has 0 bridgehead atoms. The lowest BCUT2D eigenvalue weighted by molar-refractivity contribution is 0.590. The lowest BCUT2D eigenvalue weighted by atomic mass is 10.4. The van der Waals surface area contributed by atoms with Crippen LogP contribution in [0.1, 0.15) is 237 Å². The number of nitrogens with zero attached hydrogens (tertiary/aromatic N) is 6. The van der Waals surface area contributed by atoms with Crippen LogP contribution < -0.4 is 31.8 Å². The van der Waals surface area contributed by atoms with E-state index in [1.807, 2.05) is 182 Å². The van der Waals surface area contributed by atoms with Gasteiger partial charge in [-0.1, -0.05) is 379 Å². The lowest BCUT2D eigenvalue weighted by Crippen LogP contribution is -2.14. The normalized spacial score (nSPS) is 11.5. The van der Waals surface area contributed by atoms with Gasteiger partial charge in [-0.25, -0.2) is 0 Å². The van der Waals surface area contributed by atoms with Crippen molar-refractivity contribution < 1.29 is 13.7 Å². The van der Waals surface area contributed by atoms with E-state index in [0.29, 0.717) is 17.1 Å². The Bertz CT molecular complexity index is 3250. The van der Waals surface area contributed by atoms with Gasteiger partial charge in [0, 0.05) is 90.8 Å². The van der Waals surface area contributed by atoms with Gasteiger partial charge in [-0.3, -0.25) is 15.0 Å². The van der Waals surface area contributed by atoms with Crippen LogP contribution >= 0.6 is 43.7 Å². The van der Waals surface area contributed by atoms with E-state index in [1.54, 1.807) is 148 Å². The van der Waals surface area contributed by atoms with Gasteiger partial charge in [0.05, 0.1) is 95.8 Å². The predicted molar refractivity (Wildman–Crippen MR) is 519 cm³/mol. The molecule has 3 aromatic heterocycles. The number of hydrogen-bond acceptors (Lipinski definition) is 6. The Morgan fingerprint density at radius 1 is 0.202 bits per heavy atom. The third-order valence-corrected chi connectivity index (χ3v) is 43.9. The average Bonchev–Trinajstić information content (AvgIpc) is 0.799. The van der Waals surface area contributed by atoms with Gasteiger partial charge in [0.2, 0.25) is 0 Å². The third kappa shape index (κ3) is 37.4. The van der Waals surface area contributed by atoms with Gasteiger partial charge in [-0.05, 0) is 77.0 Å². The number of unbranched alkanes of at least 4 members (excludes halogenated alkanes) is 12. The van der Waals surface area contributed by atoms with E-state index in [4.69, 9.17) is 0 Å². The molecule has 0 aliphatic rings. The minimum Gasteiger partial charge on any atom is -0.621 e. The molecule has 0 saturated heterocycles. The van der Waals surface area contributed by atoms with Crippen molar-refractivity contribution >= 4 is 92.6 Å². The minimum absolute atomic E-state index is 0.562. The van der Waals surface area contributed by atoms with Crippen molar-refractivity contribution in [3.8, 4) is 0 Å². The van der Waals surface area contributed by atoms with Gasteiger partial charge >= 0.3 is 0 Å². The van der Waals surface area contributed by atoms with E-state index in [1.165, 1.54) is 154 Å². The zero-order valence-corrected chi connectivity index (χ0v) is 78.2. The third-order valence-electron chi connectivity index (χ3n) is 21.2. The Hall–Kier alpha value is -5.85. The van der Waals surface area contributed by atoms with Crippen LogP contribution in [0.5, 0.6) is 0 Å². The average molecular weight is 1660 g/mol. The van der Waals surface area contributed by atoms with Crippen LogP contribution in [0.15, 0.2) is 256 Å². The van der Waals surface area contributed by atoms with Crippen molar-refractivity contribution in [2.24, 2.45) is 0 Å². The molecular weight excluding hydrogens is 1510 g/mol. The van der Waals surface area contributed by atoms with E-state index in [2.05, 4.69) is 113 Å². The summed E-state index contributed by atoms with van der Waals surface area (Å²) in [7, 11) is -10.8. The van der Waals surface area contributed by atoms with Gasteiger partial charge in [-0.15, -0.1) is 17.1 Å². The van der Waals surface area contributed by atoms with Gasteiger partial charge < -0.3 is 29.0 Å². The molecule has 9 nitrogen and oxygen atoms in total. The van der Waals surface area contributed by atoms with Crippen molar-refractivity contribution in [3.63, 3.8) is 0 Å². The highest BCUT2D eigenvalue weighted by atomic mass is 31.2. The second-order valence-corrected chi connectivity index (χ2v) is 51.2. The molecule has 0 radical (unpaired) electrons. The van der Waals surface area contributed by atoms with Crippen LogP contribution in [-0.4, -0.2) is 88.9 Å². The van der Waals surface area contributed by atoms with Crippen LogP contribution in [0.2, 0.25) is 0 Å². The molecule has 15 heteroatoms. The summed E-state index contributed by atoms with van der Waals surface area (Å²) in [6.07, 6.45) is 63.8. The molecule has 9 aromatic rings.